The second-order valence-corrected chi connectivity index (χ2v) is 7.56. The largest absolute Gasteiger partial charge is 0.458 e. The van der Waals surface area contributed by atoms with Crippen LogP contribution in [0, 0.1) is 0 Å². The molecule has 2 rings (SSSR count). The molecule has 1 saturated carbocycles. The molecular formula is C19H25F6NO2. The van der Waals surface area contributed by atoms with Crippen LogP contribution in [0.5, 0.6) is 0 Å². The molecule has 0 bridgehead atoms. The van der Waals surface area contributed by atoms with E-state index in [-0.39, 0.29) is 10.5 Å². The summed E-state index contributed by atoms with van der Waals surface area (Å²) in [7, 11) is 0. The zero-order valence-electron chi connectivity index (χ0n) is 15.8. The summed E-state index contributed by atoms with van der Waals surface area (Å²) in [6, 6.07) is 0. The standard InChI is InChI=1S/C19H25F6NO2/c1-4-16(9-6-5-7-10-16)28-15(27)12-26-14(3)13(2)8-11-17(26,18(20,21)22)19(23,24)25/h2-12H2,1H3. The molecule has 9 heteroatoms. The van der Waals surface area contributed by atoms with Crippen LogP contribution in [0.1, 0.15) is 58.3 Å². The van der Waals surface area contributed by atoms with Gasteiger partial charge in [-0.3, -0.25) is 4.79 Å². The van der Waals surface area contributed by atoms with E-state index in [0.29, 0.717) is 19.3 Å². The van der Waals surface area contributed by atoms with Crippen molar-refractivity contribution in [1.82, 2.24) is 4.90 Å². The summed E-state index contributed by atoms with van der Waals surface area (Å²) in [6.45, 7) is 7.46. The predicted octanol–water partition coefficient (Wildman–Crippen LogP) is 5.67. The Hall–Kier alpha value is -1.67. The van der Waals surface area contributed by atoms with E-state index in [4.69, 9.17) is 4.74 Å². The van der Waals surface area contributed by atoms with Crippen LogP contribution >= 0.6 is 0 Å². The van der Waals surface area contributed by atoms with Gasteiger partial charge in [-0.05, 0) is 50.5 Å². The van der Waals surface area contributed by atoms with Crippen molar-refractivity contribution in [2.45, 2.75) is 81.8 Å². The number of alkyl halides is 6. The Morgan fingerprint density at radius 3 is 2.04 bits per heavy atom. The highest BCUT2D eigenvalue weighted by molar-refractivity contribution is 5.73. The van der Waals surface area contributed by atoms with Gasteiger partial charge < -0.3 is 9.64 Å². The SMILES string of the molecule is C=C1CCC(C(F)(F)F)(C(F)(F)F)N(CC(=O)OC2(CC)CCCCC2)C1=C. The lowest BCUT2D eigenvalue weighted by Crippen LogP contribution is -2.69. The number of rotatable bonds is 4. The highest BCUT2D eigenvalue weighted by Gasteiger charge is 2.74. The average molecular weight is 413 g/mol. The van der Waals surface area contributed by atoms with Gasteiger partial charge in [0.1, 0.15) is 12.1 Å². The van der Waals surface area contributed by atoms with Gasteiger partial charge in [0.05, 0.1) is 0 Å². The number of likely N-dealkylation sites (tertiary alicyclic amines) is 1. The minimum Gasteiger partial charge on any atom is -0.458 e. The van der Waals surface area contributed by atoms with Gasteiger partial charge in [0, 0.05) is 5.70 Å². The van der Waals surface area contributed by atoms with Gasteiger partial charge in [0.2, 0.25) is 5.54 Å². The summed E-state index contributed by atoms with van der Waals surface area (Å²) in [4.78, 5) is 12.5. The number of carbonyl (C=O) groups excluding carboxylic acids is 1. The van der Waals surface area contributed by atoms with E-state index in [1.807, 2.05) is 0 Å². The number of hydrogen-bond acceptors (Lipinski definition) is 3. The number of halogens is 6. The summed E-state index contributed by atoms with van der Waals surface area (Å²) in [6.07, 6.45) is -8.99. The highest BCUT2D eigenvalue weighted by Crippen LogP contribution is 2.54. The van der Waals surface area contributed by atoms with E-state index < -0.39 is 54.5 Å². The first-order valence-corrected chi connectivity index (χ1v) is 9.30. The molecule has 28 heavy (non-hydrogen) atoms. The van der Waals surface area contributed by atoms with Crippen LogP contribution in [0.2, 0.25) is 0 Å². The second-order valence-electron chi connectivity index (χ2n) is 7.56. The fourth-order valence-electron chi connectivity index (χ4n) is 4.14. The van der Waals surface area contributed by atoms with Crippen molar-refractivity contribution < 1.29 is 35.9 Å². The van der Waals surface area contributed by atoms with Crippen LogP contribution < -0.4 is 0 Å². The Labute approximate surface area is 160 Å². The maximum Gasteiger partial charge on any atom is 0.420 e. The zero-order valence-corrected chi connectivity index (χ0v) is 15.8. The number of ether oxygens (including phenoxy) is 1. The molecule has 3 nitrogen and oxygen atoms in total. The van der Waals surface area contributed by atoms with Crippen LogP contribution in [0.4, 0.5) is 26.3 Å². The monoisotopic (exact) mass is 413 g/mol. The van der Waals surface area contributed by atoms with Crippen molar-refractivity contribution in [3.05, 3.63) is 24.4 Å². The van der Waals surface area contributed by atoms with Crippen molar-refractivity contribution >= 4 is 5.97 Å². The quantitative estimate of drug-likeness (QED) is 0.439. The van der Waals surface area contributed by atoms with Crippen molar-refractivity contribution in [1.29, 1.82) is 0 Å². The molecule has 0 N–H and O–H groups in total. The van der Waals surface area contributed by atoms with Crippen LogP contribution in [0.25, 0.3) is 0 Å². The van der Waals surface area contributed by atoms with Gasteiger partial charge in [-0.25, -0.2) is 0 Å². The number of carbonyl (C=O) groups is 1. The van der Waals surface area contributed by atoms with E-state index in [0.717, 1.165) is 19.3 Å². The zero-order chi connectivity index (χ0) is 21.4. The number of hydrogen-bond donors (Lipinski definition) is 0. The average Bonchev–Trinajstić information content (AvgIpc) is 2.57. The molecular weight excluding hydrogens is 388 g/mol. The van der Waals surface area contributed by atoms with Crippen molar-refractivity contribution in [3.8, 4) is 0 Å². The van der Waals surface area contributed by atoms with Gasteiger partial charge in [-0.2, -0.15) is 26.3 Å². The molecule has 0 aromatic carbocycles. The minimum atomic E-state index is -5.65. The Kier molecular flexibility index (Phi) is 6.16. The van der Waals surface area contributed by atoms with Crippen LogP contribution in [0.15, 0.2) is 24.4 Å². The lowest BCUT2D eigenvalue weighted by Gasteiger charge is -2.50. The van der Waals surface area contributed by atoms with Crippen LogP contribution in [-0.2, 0) is 9.53 Å². The molecule has 0 unspecified atom stereocenters. The molecule has 0 aromatic heterocycles. The molecule has 0 spiro atoms. The summed E-state index contributed by atoms with van der Waals surface area (Å²) in [5.41, 5.74) is -5.52. The molecule has 2 fully saturated rings. The summed E-state index contributed by atoms with van der Waals surface area (Å²) in [5, 5.41) is 0. The van der Waals surface area contributed by atoms with E-state index in [1.165, 1.54) is 0 Å². The fourth-order valence-corrected chi connectivity index (χ4v) is 4.14. The third-order valence-electron chi connectivity index (χ3n) is 5.95. The summed E-state index contributed by atoms with van der Waals surface area (Å²) in [5.74, 6) is -1.11. The normalized spacial score (nSPS) is 22.9. The Morgan fingerprint density at radius 1 is 1.04 bits per heavy atom. The summed E-state index contributed by atoms with van der Waals surface area (Å²) < 4.78 is 87.7. The lowest BCUT2D eigenvalue weighted by atomic mass is 9.81. The highest BCUT2D eigenvalue weighted by atomic mass is 19.4. The third-order valence-corrected chi connectivity index (χ3v) is 5.95. The summed E-state index contributed by atoms with van der Waals surface area (Å²) >= 11 is 0. The smallest absolute Gasteiger partial charge is 0.420 e. The molecule has 0 aromatic rings. The van der Waals surface area contributed by atoms with Crippen molar-refractivity contribution in [3.63, 3.8) is 0 Å². The van der Waals surface area contributed by atoms with E-state index in [1.54, 1.807) is 6.92 Å². The number of esters is 1. The molecule has 1 heterocycles. The Balaban J connectivity index is 2.35. The maximum absolute atomic E-state index is 13.7. The molecule has 1 saturated heterocycles. The minimum absolute atomic E-state index is 0.00659. The van der Waals surface area contributed by atoms with E-state index >= 15 is 0 Å². The number of nitrogens with zero attached hydrogens (tertiary/aromatic N) is 1. The lowest BCUT2D eigenvalue weighted by molar-refractivity contribution is -0.339. The Morgan fingerprint density at radius 2 is 1.57 bits per heavy atom. The second kappa shape index (κ2) is 7.63. The number of piperidine rings is 1. The first-order chi connectivity index (χ1) is 12.8. The van der Waals surface area contributed by atoms with E-state index in [9.17, 15) is 31.1 Å². The molecule has 2 aliphatic rings. The van der Waals surface area contributed by atoms with Gasteiger partial charge in [0.15, 0.2) is 0 Å². The van der Waals surface area contributed by atoms with E-state index in [2.05, 4.69) is 13.2 Å². The van der Waals surface area contributed by atoms with Crippen molar-refractivity contribution in [2.24, 2.45) is 0 Å². The van der Waals surface area contributed by atoms with Gasteiger partial charge in [-0.1, -0.05) is 26.5 Å². The molecule has 0 radical (unpaired) electrons. The molecule has 0 atom stereocenters. The van der Waals surface area contributed by atoms with Crippen molar-refractivity contribution in [2.75, 3.05) is 6.54 Å². The topological polar surface area (TPSA) is 29.5 Å². The van der Waals surface area contributed by atoms with Crippen LogP contribution in [-0.4, -0.2) is 40.9 Å². The van der Waals surface area contributed by atoms with Gasteiger partial charge in [0.25, 0.3) is 0 Å². The first-order valence-electron chi connectivity index (χ1n) is 9.30. The number of allylic oxidation sites excluding steroid dienone is 1. The first kappa shape index (κ1) is 22.6. The molecule has 1 aliphatic heterocycles. The third kappa shape index (κ3) is 3.89. The fraction of sp³-hybridized carbons (Fsp3) is 0.737. The van der Waals surface area contributed by atoms with Gasteiger partial charge in [-0.15, -0.1) is 0 Å². The van der Waals surface area contributed by atoms with Crippen LogP contribution in [0.3, 0.4) is 0 Å². The molecule has 0 amide bonds. The molecule has 1 aliphatic carbocycles. The Bertz CT molecular complexity index is 617. The molecule has 160 valence electrons. The van der Waals surface area contributed by atoms with Gasteiger partial charge >= 0.3 is 18.3 Å². The predicted molar refractivity (Wildman–Crippen MR) is 91.3 cm³/mol. The maximum atomic E-state index is 13.7.